The van der Waals surface area contributed by atoms with E-state index in [1.807, 2.05) is 30.3 Å². The van der Waals surface area contributed by atoms with Gasteiger partial charge in [-0.05, 0) is 59.9 Å². The quantitative estimate of drug-likeness (QED) is 0.317. The van der Waals surface area contributed by atoms with Gasteiger partial charge in [-0.2, -0.15) is 5.10 Å². The average Bonchev–Trinajstić information content (AvgIpc) is 3.62. The van der Waals surface area contributed by atoms with E-state index >= 15 is 0 Å². The van der Waals surface area contributed by atoms with E-state index in [1.54, 1.807) is 29.2 Å². The first-order valence-electron chi connectivity index (χ1n) is 12.9. The summed E-state index contributed by atoms with van der Waals surface area (Å²) in [6.07, 6.45) is 3.70. The Morgan fingerprint density at radius 2 is 1.67 bits per heavy atom. The Bertz CT molecular complexity index is 1360. The number of carbonyl (C=O) groups is 2. The number of hydrogen-bond donors (Lipinski definition) is 1. The Morgan fingerprint density at radius 3 is 2.36 bits per heavy atom. The molecule has 0 radical (unpaired) electrons. The van der Waals surface area contributed by atoms with Crippen LogP contribution in [0.2, 0.25) is 0 Å². The first-order chi connectivity index (χ1) is 19.0. The number of ether oxygens (including phenoxy) is 1. The van der Waals surface area contributed by atoms with E-state index in [-0.39, 0.29) is 36.4 Å². The Morgan fingerprint density at radius 1 is 0.949 bits per heavy atom. The third kappa shape index (κ3) is 7.14. The average molecular weight is 528 g/mol. The summed E-state index contributed by atoms with van der Waals surface area (Å²) in [4.78, 5) is 32.3. The van der Waals surface area contributed by atoms with Crippen LogP contribution in [0.25, 0.3) is 0 Å². The highest BCUT2D eigenvalue weighted by molar-refractivity contribution is 5.91. The van der Waals surface area contributed by atoms with E-state index in [1.165, 1.54) is 35.0 Å². The molecule has 9 heteroatoms. The number of benzene rings is 3. The van der Waals surface area contributed by atoms with Gasteiger partial charge >= 0.3 is 0 Å². The number of likely N-dealkylation sites (tertiary alicyclic amines) is 1. The zero-order chi connectivity index (χ0) is 27.0. The smallest absolute Gasteiger partial charge is 0.244 e. The molecule has 200 valence electrons. The molecule has 5 rings (SSSR count). The molecule has 0 spiro atoms. The Balaban J connectivity index is 1.21. The monoisotopic (exact) mass is 527 g/mol. The van der Waals surface area contributed by atoms with Crippen molar-refractivity contribution in [2.75, 3.05) is 13.1 Å². The van der Waals surface area contributed by atoms with Crippen LogP contribution in [0.5, 0.6) is 11.5 Å². The Hall–Kier alpha value is -4.37. The van der Waals surface area contributed by atoms with Gasteiger partial charge in [0.1, 0.15) is 36.5 Å². The van der Waals surface area contributed by atoms with E-state index in [4.69, 9.17) is 4.74 Å². The predicted octanol–water partition coefficient (Wildman–Crippen LogP) is 4.03. The highest BCUT2D eigenvalue weighted by Crippen LogP contribution is 2.27. The van der Waals surface area contributed by atoms with Crippen LogP contribution >= 0.6 is 0 Å². The third-order valence-corrected chi connectivity index (χ3v) is 6.80. The summed E-state index contributed by atoms with van der Waals surface area (Å²) in [5.74, 6) is 0.805. The zero-order valence-electron chi connectivity index (χ0n) is 21.4. The summed E-state index contributed by atoms with van der Waals surface area (Å²) in [5, 5.41) is 7.52. The fourth-order valence-electron chi connectivity index (χ4n) is 4.85. The second-order valence-electron chi connectivity index (χ2n) is 9.72. The number of aromatic nitrogens is 3. The van der Waals surface area contributed by atoms with Crippen LogP contribution in [0.15, 0.2) is 91.5 Å². The number of Topliss-reactive ketones (excluding diaryl/α,β-unsaturated/α-hetero) is 1. The molecule has 1 aliphatic rings. The van der Waals surface area contributed by atoms with Crippen LogP contribution in [-0.2, 0) is 29.1 Å². The summed E-state index contributed by atoms with van der Waals surface area (Å²) in [6.45, 7) is 2.00. The molecule has 0 saturated carbocycles. The maximum Gasteiger partial charge on any atom is 0.244 e. The van der Waals surface area contributed by atoms with Crippen molar-refractivity contribution in [2.45, 2.75) is 32.0 Å². The van der Waals surface area contributed by atoms with E-state index in [9.17, 15) is 14.0 Å². The summed E-state index contributed by atoms with van der Waals surface area (Å²) < 4.78 is 20.4. The number of halogens is 1. The van der Waals surface area contributed by atoms with Gasteiger partial charge in [-0.1, -0.05) is 42.5 Å². The molecule has 0 aliphatic carbocycles. The minimum Gasteiger partial charge on any atom is -0.457 e. The van der Waals surface area contributed by atoms with E-state index in [0.717, 1.165) is 12.1 Å². The topological polar surface area (TPSA) is 89.4 Å². The third-order valence-electron chi connectivity index (χ3n) is 6.80. The van der Waals surface area contributed by atoms with Gasteiger partial charge in [-0.3, -0.25) is 9.59 Å². The van der Waals surface area contributed by atoms with Crippen molar-refractivity contribution < 1.29 is 18.7 Å². The molecule has 1 fully saturated rings. The summed E-state index contributed by atoms with van der Waals surface area (Å²) >= 11 is 0. The number of hydrogen-bond acceptors (Lipinski definition) is 6. The van der Waals surface area contributed by atoms with Crippen molar-refractivity contribution in [1.29, 1.82) is 0 Å². The molecule has 39 heavy (non-hydrogen) atoms. The van der Waals surface area contributed by atoms with Crippen LogP contribution in [0.3, 0.4) is 0 Å². The molecule has 1 aliphatic heterocycles. The minimum atomic E-state index is -0.500. The molecule has 1 amide bonds. The minimum absolute atomic E-state index is 0.000275. The molecule has 1 aromatic heterocycles. The van der Waals surface area contributed by atoms with Crippen molar-refractivity contribution in [3.8, 4) is 11.5 Å². The second kappa shape index (κ2) is 12.4. The van der Waals surface area contributed by atoms with Gasteiger partial charge in [0.05, 0.1) is 6.04 Å². The Labute approximate surface area is 226 Å². The van der Waals surface area contributed by atoms with Gasteiger partial charge in [-0.15, -0.1) is 0 Å². The lowest BCUT2D eigenvalue weighted by molar-refractivity contribution is -0.138. The van der Waals surface area contributed by atoms with Crippen molar-refractivity contribution in [3.05, 3.63) is 108 Å². The number of carbonyl (C=O) groups excluding carboxylic acids is 2. The maximum absolute atomic E-state index is 13.5. The molecular formula is C30H30FN5O3. The molecule has 3 aromatic carbocycles. The lowest BCUT2D eigenvalue weighted by atomic mass is 9.98. The first-order valence-corrected chi connectivity index (χ1v) is 12.9. The second-order valence-corrected chi connectivity index (χ2v) is 9.72. The predicted molar refractivity (Wildman–Crippen MR) is 143 cm³/mol. The number of amides is 1. The maximum atomic E-state index is 13.5. The van der Waals surface area contributed by atoms with Gasteiger partial charge in [0.25, 0.3) is 0 Å². The molecule has 2 atom stereocenters. The van der Waals surface area contributed by atoms with Gasteiger partial charge in [0.2, 0.25) is 5.91 Å². The van der Waals surface area contributed by atoms with Crippen LogP contribution in [-0.4, -0.2) is 50.5 Å². The zero-order valence-corrected chi connectivity index (χ0v) is 21.4. The molecular weight excluding hydrogens is 497 g/mol. The normalized spacial score (nSPS) is 16.8. The summed E-state index contributed by atoms with van der Waals surface area (Å²) in [7, 11) is 0. The van der Waals surface area contributed by atoms with E-state index in [0.29, 0.717) is 31.0 Å². The summed E-state index contributed by atoms with van der Waals surface area (Å²) in [6, 6.07) is 22.7. The van der Waals surface area contributed by atoms with Gasteiger partial charge in [-0.25, -0.2) is 14.1 Å². The highest BCUT2D eigenvalue weighted by Gasteiger charge is 2.39. The molecule has 4 aromatic rings. The van der Waals surface area contributed by atoms with Gasteiger partial charge < -0.3 is 15.0 Å². The van der Waals surface area contributed by atoms with Crippen LogP contribution in [0.1, 0.15) is 17.5 Å². The fraction of sp³-hybridized carbons (Fsp3) is 0.267. The molecule has 1 saturated heterocycles. The first kappa shape index (κ1) is 26.2. The molecule has 0 unspecified atom stereocenters. The van der Waals surface area contributed by atoms with Gasteiger partial charge in [0.15, 0.2) is 5.78 Å². The van der Waals surface area contributed by atoms with Crippen molar-refractivity contribution >= 4 is 11.7 Å². The lowest BCUT2D eigenvalue weighted by Gasteiger charge is -2.23. The van der Waals surface area contributed by atoms with Crippen LogP contribution < -0.4 is 10.1 Å². The number of ketones is 1. The van der Waals surface area contributed by atoms with Crippen molar-refractivity contribution in [1.82, 2.24) is 25.0 Å². The standard InChI is InChI=1S/C30H30FN5O3/c31-25-8-12-27(13-9-25)39-26-10-6-22(7-11-26)15-29(37)28-14-24(17-32-16-23-4-2-1-3-5-23)18-36(28)30(38)19-35-21-33-20-34-35/h1-13,20-21,24,28,32H,14-19H2/t24-,28-/m0/s1. The Kier molecular flexibility index (Phi) is 8.38. The highest BCUT2D eigenvalue weighted by atomic mass is 19.1. The SMILES string of the molecule is O=C(Cc1ccc(Oc2ccc(F)cc2)cc1)[C@@H]1C[C@@H](CNCc2ccccc2)CN1C(=O)Cn1cncn1. The van der Waals surface area contributed by atoms with Crippen LogP contribution in [0.4, 0.5) is 4.39 Å². The number of rotatable bonds is 11. The van der Waals surface area contributed by atoms with Crippen molar-refractivity contribution in [2.24, 2.45) is 5.92 Å². The molecule has 8 nitrogen and oxygen atoms in total. The molecule has 2 heterocycles. The largest absolute Gasteiger partial charge is 0.457 e. The van der Waals surface area contributed by atoms with E-state index in [2.05, 4.69) is 27.5 Å². The van der Waals surface area contributed by atoms with Gasteiger partial charge in [0, 0.05) is 26.1 Å². The van der Waals surface area contributed by atoms with Crippen LogP contribution in [0, 0.1) is 11.7 Å². The van der Waals surface area contributed by atoms with E-state index < -0.39 is 6.04 Å². The molecule has 0 bridgehead atoms. The number of nitrogens with one attached hydrogen (secondary N) is 1. The molecule has 1 N–H and O–H groups in total. The van der Waals surface area contributed by atoms with Crippen molar-refractivity contribution in [3.63, 3.8) is 0 Å². The number of nitrogens with zero attached hydrogens (tertiary/aromatic N) is 4. The lowest BCUT2D eigenvalue weighted by Crippen LogP contribution is -2.43. The fourth-order valence-corrected chi connectivity index (χ4v) is 4.85. The summed E-state index contributed by atoms with van der Waals surface area (Å²) in [5.41, 5.74) is 2.02.